The summed E-state index contributed by atoms with van der Waals surface area (Å²) in [7, 11) is 5.70. The Bertz CT molecular complexity index is 369. The summed E-state index contributed by atoms with van der Waals surface area (Å²) >= 11 is 0. The summed E-state index contributed by atoms with van der Waals surface area (Å²) in [6, 6.07) is 3.73. The van der Waals surface area contributed by atoms with Gasteiger partial charge in [-0.3, -0.25) is 14.7 Å². The minimum atomic E-state index is -0.593. The van der Waals surface area contributed by atoms with Crippen molar-refractivity contribution in [1.82, 2.24) is 9.88 Å². The van der Waals surface area contributed by atoms with Gasteiger partial charge in [-0.15, -0.1) is 0 Å². The van der Waals surface area contributed by atoms with E-state index >= 15 is 0 Å². The number of primary amides is 1. The highest BCUT2D eigenvalue weighted by Gasteiger charge is 2.40. The van der Waals surface area contributed by atoms with E-state index in [1.165, 1.54) is 0 Å². The van der Waals surface area contributed by atoms with Gasteiger partial charge in [0, 0.05) is 19.4 Å². The number of hydrogen-bond acceptors (Lipinski definition) is 3. The van der Waals surface area contributed by atoms with Gasteiger partial charge in [0.2, 0.25) is 5.91 Å². The van der Waals surface area contributed by atoms with Crippen LogP contribution in [0.15, 0.2) is 24.5 Å². The summed E-state index contributed by atoms with van der Waals surface area (Å²) < 4.78 is 0. The fraction of sp³-hybridized carbons (Fsp3) is 0.417. The molecule has 1 aliphatic rings. The minimum absolute atomic E-state index is 0.284. The zero-order chi connectivity index (χ0) is 11.6. The van der Waals surface area contributed by atoms with Crippen molar-refractivity contribution in [2.45, 2.75) is 18.3 Å². The smallest absolute Gasteiger partial charge is 0.228 e. The zero-order valence-corrected chi connectivity index (χ0v) is 9.10. The number of carbonyl (C=O) groups is 1. The molecule has 0 unspecified atom stereocenters. The molecular formula is C12H15N3O. The van der Waals surface area contributed by atoms with Crippen LogP contribution in [-0.2, 0) is 10.2 Å². The Labute approximate surface area is 95.5 Å². The first kappa shape index (κ1) is 11.1. The Morgan fingerprint density at radius 3 is 2.69 bits per heavy atom. The van der Waals surface area contributed by atoms with Gasteiger partial charge in [0.1, 0.15) is 0 Å². The summed E-state index contributed by atoms with van der Waals surface area (Å²) in [4.78, 5) is 17.5. The zero-order valence-electron chi connectivity index (χ0n) is 9.10. The van der Waals surface area contributed by atoms with Gasteiger partial charge in [0.25, 0.3) is 0 Å². The highest BCUT2D eigenvalue weighted by atomic mass is 16.1. The van der Waals surface area contributed by atoms with E-state index in [0.29, 0.717) is 25.9 Å². The van der Waals surface area contributed by atoms with Gasteiger partial charge < -0.3 is 5.73 Å². The molecule has 1 aromatic rings. The van der Waals surface area contributed by atoms with E-state index in [1.807, 2.05) is 12.1 Å². The first-order chi connectivity index (χ1) is 7.65. The standard InChI is InChI=1S/C12H15N3O/c1-15-7-4-12(5-8-15,11(13)16)10-3-2-6-14-9-10/h1-3,6,9H,4-5,7-8H2,(H2,13,16). The van der Waals surface area contributed by atoms with Crippen molar-refractivity contribution in [2.75, 3.05) is 13.1 Å². The topological polar surface area (TPSA) is 59.2 Å². The van der Waals surface area contributed by atoms with E-state index in [9.17, 15) is 4.79 Å². The number of carbonyl (C=O) groups excluding carboxylic acids is 1. The van der Waals surface area contributed by atoms with Crippen molar-refractivity contribution in [3.8, 4) is 0 Å². The lowest BCUT2D eigenvalue weighted by Crippen LogP contribution is -2.48. The average Bonchev–Trinajstić information content (AvgIpc) is 2.31. The SMILES string of the molecule is [CH]N1CCC(C(N)=O)(c2cccnc2)CC1. The van der Waals surface area contributed by atoms with Crippen LogP contribution in [0.3, 0.4) is 0 Å². The predicted octanol–water partition coefficient (Wildman–Crippen LogP) is 0.569. The molecule has 0 atom stereocenters. The van der Waals surface area contributed by atoms with Gasteiger partial charge in [-0.05, 0) is 37.6 Å². The van der Waals surface area contributed by atoms with Gasteiger partial charge in [0.15, 0.2) is 0 Å². The molecule has 2 heterocycles. The molecule has 0 bridgehead atoms. The number of nitrogens with zero attached hydrogens (tertiary/aromatic N) is 2. The first-order valence-electron chi connectivity index (χ1n) is 5.35. The number of pyridine rings is 1. The monoisotopic (exact) mass is 217 g/mol. The summed E-state index contributed by atoms with van der Waals surface area (Å²) in [5, 5.41) is 0. The maximum absolute atomic E-state index is 11.7. The van der Waals surface area contributed by atoms with E-state index in [-0.39, 0.29) is 5.91 Å². The van der Waals surface area contributed by atoms with Crippen LogP contribution in [-0.4, -0.2) is 28.9 Å². The molecule has 0 aliphatic carbocycles. The molecular weight excluding hydrogens is 202 g/mol. The predicted molar refractivity (Wildman–Crippen MR) is 60.2 cm³/mol. The Morgan fingerprint density at radius 2 is 2.19 bits per heavy atom. The third-order valence-corrected chi connectivity index (χ3v) is 3.34. The average molecular weight is 217 g/mol. The largest absolute Gasteiger partial charge is 0.369 e. The fourth-order valence-corrected chi connectivity index (χ4v) is 2.23. The van der Waals surface area contributed by atoms with Crippen LogP contribution in [0.4, 0.5) is 0 Å². The van der Waals surface area contributed by atoms with Crippen LogP contribution < -0.4 is 5.73 Å². The van der Waals surface area contributed by atoms with Crippen LogP contribution in [0.5, 0.6) is 0 Å². The molecule has 4 nitrogen and oxygen atoms in total. The third-order valence-electron chi connectivity index (χ3n) is 3.34. The minimum Gasteiger partial charge on any atom is -0.369 e. The number of aromatic nitrogens is 1. The molecule has 1 fully saturated rings. The summed E-state index contributed by atoms with van der Waals surface area (Å²) in [5.41, 5.74) is 5.86. The maximum atomic E-state index is 11.7. The number of piperidine rings is 1. The van der Waals surface area contributed by atoms with Crippen molar-refractivity contribution < 1.29 is 4.79 Å². The third kappa shape index (κ3) is 1.80. The van der Waals surface area contributed by atoms with Crippen LogP contribution in [0.1, 0.15) is 18.4 Å². The number of amides is 1. The van der Waals surface area contributed by atoms with Gasteiger partial charge in [-0.25, -0.2) is 0 Å². The molecule has 2 rings (SSSR count). The summed E-state index contributed by atoms with van der Waals surface area (Å²) in [5.74, 6) is -0.284. The van der Waals surface area contributed by atoms with E-state index < -0.39 is 5.41 Å². The van der Waals surface area contributed by atoms with Gasteiger partial charge in [0.05, 0.1) is 5.41 Å². The Balaban J connectivity index is 2.34. The molecule has 1 aromatic heterocycles. The Kier molecular flexibility index (Phi) is 2.92. The van der Waals surface area contributed by atoms with E-state index in [4.69, 9.17) is 12.8 Å². The number of rotatable bonds is 2. The second-order valence-corrected chi connectivity index (χ2v) is 4.22. The number of likely N-dealkylation sites (tertiary alicyclic amines) is 1. The van der Waals surface area contributed by atoms with Gasteiger partial charge in [-0.2, -0.15) is 0 Å². The maximum Gasteiger partial charge on any atom is 0.228 e. The number of nitrogens with two attached hydrogens (primary N) is 1. The lowest BCUT2D eigenvalue weighted by molar-refractivity contribution is -0.125. The molecule has 4 heteroatoms. The highest BCUT2D eigenvalue weighted by Crippen LogP contribution is 2.34. The normalized spacial score (nSPS) is 20.6. The second kappa shape index (κ2) is 4.22. The van der Waals surface area contributed by atoms with Crippen LogP contribution >= 0.6 is 0 Å². The second-order valence-electron chi connectivity index (χ2n) is 4.22. The molecule has 1 amide bonds. The molecule has 1 saturated heterocycles. The summed E-state index contributed by atoms with van der Waals surface area (Å²) in [6.45, 7) is 1.36. The van der Waals surface area contributed by atoms with E-state index in [2.05, 4.69) is 4.98 Å². The molecule has 0 aromatic carbocycles. The van der Waals surface area contributed by atoms with Gasteiger partial charge in [-0.1, -0.05) is 6.07 Å². The van der Waals surface area contributed by atoms with Crippen LogP contribution in [0.25, 0.3) is 0 Å². The van der Waals surface area contributed by atoms with Gasteiger partial charge >= 0.3 is 0 Å². The van der Waals surface area contributed by atoms with Crippen LogP contribution in [0, 0.1) is 7.05 Å². The quantitative estimate of drug-likeness (QED) is 0.787. The van der Waals surface area contributed by atoms with E-state index in [0.717, 1.165) is 5.56 Å². The molecule has 84 valence electrons. The molecule has 1 aliphatic heterocycles. The lowest BCUT2D eigenvalue weighted by Gasteiger charge is -2.38. The number of hydrogen-bond donors (Lipinski definition) is 1. The first-order valence-corrected chi connectivity index (χ1v) is 5.35. The molecule has 2 N–H and O–H groups in total. The van der Waals surface area contributed by atoms with E-state index in [1.54, 1.807) is 17.3 Å². The molecule has 0 saturated carbocycles. The fourth-order valence-electron chi connectivity index (χ4n) is 2.23. The molecule has 0 spiro atoms. The molecule has 2 radical (unpaired) electrons. The lowest BCUT2D eigenvalue weighted by atomic mass is 9.73. The Hall–Kier alpha value is -1.42. The van der Waals surface area contributed by atoms with Crippen molar-refractivity contribution >= 4 is 5.91 Å². The summed E-state index contributed by atoms with van der Waals surface area (Å²) in [6.07, 6.45) is 4.72. The van der Waals surface area contributed by atoms with Crippen molar-refractivity contribution in [3.63, 3.8) is 0 Å². The molecule has 16 heavy (non-hydrogen) atoms. The van der Waals surface area contributed by atoms with Crippen LogP contribution in [0.2, 0.25) is 0 Å². The Morgan fingerprint density at radius 1 is 1.50 bits per heavy atom. The van der Waals surface area contributed by atoms with Crippen molar-refractivity contribution in [3.05, 3.63) is 37.1 Å². The van der Waals surface area contributed by atoms with Crippen molar-refractivity contribution in [1.29, 1.82) is 0 Å². The highest BCUT2D eigenvalue weighted by molar-refractivity contribution is 5.86. The van der Waals surface area contributed by atoms with Crippen molar-refractivity contribution in [2.24, 2.45) is 5.73 Å².